The number of Topliss-reactive ketones (excluding diaryl/α,β-unsaturated/α-hetero) is 1. The molecular weight excluding hydrogens is 318 g/mol. The first kappa shape index (κ1) is 17.2. The molecule has 0 unspecified atom stereocenters. The van der Waals surface area contributed by atoms with Crippen molar-refractivity contribution < 1.29 is 27.9 Å². The summed E-state index contributed by atoms with van der Waals surface area (Å²) in [6, 6.07) is 8.57. The SMILES string of the molecule is CC(=O)c1ccc(OC(=O)/C=C/C(=O)c2ccc(F)c(F)c2)cc1. The van der Waals surface area contributed by atoms with Gasteiger partial charge in [-0.1, -0.05) is 0 Å². The monoisotopic (exact) mass is 330 g/mol. The molecule has 4 nitrogen and oxygen atoms in total. The van der Waals surface area contributed by atoms with Crippen LogP contribution in [-0.2, 0) is 4.79 Å². The Balaban J connectivity index is 2.00. The van der Waals surface area contributed by atoms with Gasteiger partial charge in [0.25, 0.3) is 0 Å². The van der Waals surface area contributed by atoms with Gasteiger partial charge >= 0.3 is 5.97 Å². The second-order valence-corrected chi connectivity index (χ2v) is 4.83. The summed E-state index contributed by atoms with van der Waals surface area (Å²) in [5.41, 5.74) is 0.377. The summed E-state index contributed by atoms with van der Waals surface area (Å²) in [4.78, 5) is 34.5. The van der Waals surface area contributed by atoms with Crippen molar-refractivity contribution >= 4 is 17.5 Å². The minimum Gasteiger partial charge on any atom is -0.423 e. The number of esters is 1. The molecule has 0 spiro atoms. The van der Waals surface area contributed by atoms with Gasteiger partial charge in [0, 0.05) is 17.2 Å². The fourth-order valence-corrected chi connectivity index (χ4v) is 1.80. The Morgan fingerprint density at radius 1 is 0.875 bits per heavy atom. The van der Waals surface area contributed by atoms with Crippen molar-refractivity contribution in [2.24, 2.45) is 0 Å². The molecule has 0 aliphatic heterocycles. The van der Waals surface area contributed by atoms with Gasteiger partial charge in [0.1, 0.15) is 5.75 Å². The third-order valence-electron chi connectivity index (χ3n) is 3.05. The molecule has 0 N–H and O–H groups in total. The van der Waals surface area contributed by atoms with Crippen LogP contribution in [0.2, 0.25) is 0 Å². The lowest BCUT2D eigenvalue weighted by molar-refractivity contribution is -0.129. The molecule has 0 aromatic heterocycles. The number of ketones is 2. The first-order chi connectivity index (χ1) is 11.4. The van der Waals surface area contributed by atoms with Crippen LogP contribution in [0, 0.1) is 11.6 Å². The molecule has 0 aliphatic rings. The van der Waals surface area contributed by atoms with Gasteiger partial charge < -0.3 is 4.74 Å². The summed E-state index contributed by atoms with van der Waals surface area (Å²) < 4.78 is 30.8. The number of allylic oxidation sites excluding steroid dienone is 1. The number of carbonyl (C=O) groups excluding carboxylic acids is 3. The highest BCUT2D eigenvalue weighted by Crippen LogP contribution is 2.13. The first-order valence-electron chi connectivity index (χ1n) is 6.87. The highest BCUT2D eigenvalue weighted by Gasteiger charge is 2.08. The molecule has 2 rings (SSSR count). The first-order valence-corrected chi connectivity index (χ1v) is 6.87. The molecule has 122 valence electrons. The van der Waals surface area contributed by atoms with E-state index in [0.29, 0.717) is 5.56 Å². The summed E-state index contributed by atoms with van der Waals surface area (Å²) in [6.45, 7) is 1.41. The van der Waals surface area contributed by atoms with E-state index >= 15 is 0 Å². The third kappa shape index (κ3) is 4.42. The van der Waals surface area contributed by atoms with Crippen LogP contribution in [0.5, 0.6) is 5.75 Å². The van der Waals surface area contributed by atoms with Gasteiger partial charge in [-0.3, -0.25) is 9.59 Å². The molecule has 0 saturated heterocycles. The number of hydrogen-bond acceptors (Lipinski definition) is 4. The van der Waals surface area contributed by atoms with Crippen LogP contribution in [0.3, 0.4) is 0 Å². The average Bonchev–Trinajstić information content (AvgIpc) is 2.55. The van der Waals surface area contributed by atoms with Gasteiger partial charge in [-0.05, 0) is 55.5 Å². The van der Waals surface area contributed by atoms with E-state index in [1.807, 2.05) is 0 Å². The van der Waals surface area contributed by atoms with E-state index in [-0.39, 0.29) is 17.1 Å². The largest absolute Gasteiger partial charge is 0.423 e. The van der Waals surface area contributed by atoms with Crippen molar-refractivity contribution in [2.45, 2.75) is 6.92 Å². The fourth-order valence-electron chi connectivity index (χ4n) is 1.80. The average molecular weight is 330 g/mol. The Kier molecular flexibility index (Phi) is 5.31. The Morgan fingerprint density at radius 3 is 2.08 bits per heavy atom. The minimum atomic E-state index is -1.15. The maximum atomic E-state index is 13.0. The number of carbonyl (C=O) groups is 3. The quantitative estimate of drug-likeness (QED) is 0.364. The Hall–Kier alpha value is -3.15. The number of ether oxygens (including phenoxy) is 1. The van der Waals surface area contributed by atoms with E-state index in [4.69, 9.17) is 4.74 Å². The van der Waals surface area contributed by atoms with Crippen LogP contribution in [-0.4, -0.2) is 17.5 Å². The molecule has 0 saturated carbocycles. The van der Waals surface area contributed by atoms with Crippen molar-refractivity contribution in [2.75, 3.05) is 0 Å². The van der Waals surface area contributed by atoms with E-state index < -0.39 is 23.4 Å². The van der Waals surface area contributed by atoms with Crippen LogP contribution >= 0.6 is 0 Å². The molecule has 0 radical (unpaired) electrons. The van der Waals surface area contributed by atoms with E-state index in [0.717, 1.165) is 30.4 Å². The molecule has 0 heterocycles. The van der Waals surface area contributed by atoms with Crippen molar-refractivity contribution in [3.05, 3.63) is 77.4 Å². The maximum absolute atomic E-state index is 13.0. The predicted octanol–water partition coefficient (Wildman–Crippen LogP) is 3.51. The topological polar surface area (TPSA) is 60.4 Å². The molecule has 0 bridgehead atoms. The molecular formula is C18H12F2O4. The second-order valence-electron chi connectivity index (χ2n) is 4.83. The summed E-state index contributed by atoms with van der Waals surface area (Å²) >= 11 is 0. The van der Waals surface area contributed by atoms with E-state index in [9.17, 15) is 23.2 Å². The van der Waals surface area contributed by atoms with Crippen LogP contribution in [0.4, 0.5) is 8.78 Å². The molecule has 2 aromatic carbocycles. The van der Waals surface area contributed by atoms with Crippen LogP contribution in [0.25, 0.3) is 0 Å². The molecule has 24 heavy (non-hydrogen) atoms. The van der Waals surface area contributed by atoms with Gasteiger partial charge in [-0.15, -0.1) is 0 Å². The fraction of sp³-hybridized carbons (Fsp3) is 0.0556. The Bertz CT molecular complexity index is 823. The number of hydrogen-bond donors (Lipinski definition) is 0. The smallest absolute Gasteiger partial charge is 0.336 e. The molecule has 0 amide bonds. The van der Waals surface area contributed by atoms with Crippen molar-refractivity contribution in [1.82, 2.24) is 0 Å². The lowest BCUT2D eigenvalue weighted by Gasteiger charge is -2.02. The lowest BCUT2D eigenvalue weighted by atomic mass is 10.1. The van der Waals surface area contributed by atoms with E-state index in [1.54, 1.807) is 0 Å². The number of halogens is 2. The third-order valence-corrected chi connectivity index (χ3v) is 3.05. The van der Waals surface area contributed by atoms with E-state index in [1.165, 1.54) is 31.2 Å². The Labute approximate surface area is 136 Å². The highest BCUT2D eigenvalue weighted by molar-refractivity contribution is 6.07. The van der Waals surface area contributed by atoms with Gasteiger partial charge in [-0.2, -0.15) is 0 Å². The molecule has 2 aromatic rings. The zero-order chi connectivity index (χ0) is 17.7. The van der Waals surface area contributed by atoms with Crippen LogP contribution < -0.4 is 4.74 Å². The number of benzene rings is 2. The van der Waals surface area contributed by atoms with Gasteiger partial charge in [-0.25, -0.2) is 13.6 Å². The summed E-state index contributed by atoms with van der Waals surface area (Å²) in [6.07, 6.45) is 1.78. The Morgan fingerprint density at radius 2 is 1.50 bits per heavy atom. The van der Waals surface area contributed by atoms with E-state index in [2.05, 4.69) is 0 Å². The molecule has 6 heteroatoms. The summed E-state index contributed by atoms with van der Waals surface area (Å²) in [7, 11) is 0. The van der Waals surface area contributed by atoms with Crippen molar-refractivity contribution in [1.29, 1.82) is 0 Å². The molecule has 0 atom stereocenters. The van der Waals surface area contributed by atoms with Crippen molar-refractivity contribution in [3.8, 4) is 5.75 Å². The minimum absolute atomic E-state index is 0.0937. The highest BCUT2D eigenvalue weighted by atomic mass is 19.2. The zero-order valence-electron chi connectivity index (χ0n) is 12.6. The zero-order valence-corrected chi connectivity index (χ0v) is 12.6. The van der Waals surface area contributed by atoms with Gasteiger partial charge in [0.05, 0.1) is 0 Å². The van der Waals surface area contributed by atoms with Gasteiger partial charge in [0.2, 0.25) is 0 Å². The van der Waals surface area contributed by atoms with Crippen molar-refractivity contribution in [3.63, 3.8) is 0 Å². The van der Waals surface area contributed by atoms with Crippen LogP contribution in [0.1, 0.15) is 27.6 Å². The molecule has 0 aliphatic carbocycles. The maximum Gasteiger partial charge on any atom is 0.336 e. The summed E-state index contributed by atoms with van der Waals surface area (Å²) in [5.74, 6) is -3.62. The molecule has 0 fully saturated rings. The summed E-state index contributed by atoms with van der Waals surface area (Å²) in [5, 5.41) is 0. The van der Waals surface area contributed by atoms with Crippen LogP contribution in [0.15, 0.2) is 54.6 Å². The van der Waals surface area contributed by atoms with Gasteiger partial charge in [0.15, 0.2) is 23.2 Å². The second kappa shape index (κ2) is 7.41. The predicted molar refractivity (Wildman–Crippen MR) is 81.9 cm³/mol. The normalized spacial score (nSPS) is 10.6. The number of rotatable bonds is 5. The standard InChI is InChI=1S/C18H12F2O4/c1-11(21)12-2-5-14(6-3-12)24-18(23)9-8-17(22)13-4-7-15(19)16(20)10-13/h2-10H,1H3/b9-8+. The lowest BCUT2D eigenvalue weighted by Crippen LogP contribution is -2.06.